The number of ether oxygens (including phenoxy) is 2. The van der Waals surface area contributed by atoms with Gasteiger partial charge in [-0.15, -0.1) is 0 Å². The van der Waals surface area contributed by atoms with E-state index in [2.05, 4.69) is 42.7 Å². The number of rotatable bonds is 39. The predicted octanol–water partition coefficient (Wildman–Crippen LogP) is 12.3. The number of aliphatic hydroxyl groups is 1. The molecule has 0 spiro atoms. The Morgan fingerprint density at radius 2 is 1.05 bits per heavy atom. The van der Waals surface area contributed by atoms with Gasteiger partial charge in [0.2, 0.25) is 0 Å². The molecular weight excluding hydrogens is 715 g/mol. The summed E-state index contributed by atoms with van der Waals surface area (Å²) in [5.74, 6) is -0.980. The number of carbonyl (C=O) groups is 2. The van der Waals surface area contributed by atoms with Crippen LogP contribution in [0.15, 0.2) is 60.8 Å². The molecule has 0 heterocycles. The van der Waals surface area contributed by atoms with Crippen LogP contribution in [0.3, 0.4) is 0 Å². The average Bonchev–Trinajstić information content (AvgIpc) is 3.15. The first-order chi connectivity index (χ1) is 26.7. The Hall–Kier alpha value is -2.29. The van der Waals surface area contributed by atoms with Crippen LogP contribution in [-0.2, 0) is 28.2 Å². The van der Waals surface area contributed by atoms with Gasteiger partial charge in [-0.2, -0.15) is 0 Å². The lowest BCUT2D eigenvalue weighted by atomic mass is 10.1. The summed E-state index contributed by atoms with van der Waals surface area (Å²) in [4.78, 5) is 42.9. The van der Waals surface area contributed by atoms with E-state index in [9.17, 15) is 19.3 Å². The van der Waals surface area contributed by atoms with E-state index in [0.29, 0.717) is 19.3 Å². The van der Waals surface area contributed by atoms with E-state index in [-0.39, 0.29) is 25.6 Å². The molecule has 0 aromatic carbocycles. The first-order valence-corrected chi connectivity index (χ1v) is 23.2. The lowest BCUT2D eigenvalue weighted by Crippen LogP contribution is -2.29. The quantitative estimate of drug-likeness (QED) is 0.0182. The Kier molecular flexibility index (Phi) is 38.3. The molecule has 2 atom stereocenters. The van der Waals surface area contributed by atoms with Crippen LogP contribution in [0.5, 0.6) is 0 Å². The standard InChI is InChI=1S/C45H79O9P/c1-3-5-7-8-9-10-11-12-13-14-15-16-17-18-21-25-28-31-35-39-45(48)54-43(41-53-55(49,50)51)40-52-44(47)38-34-30-27-24-22-19-20-23-26-29-33-37-42(46)36-32-6-4-2/h12-13,19-20,24,26-27,29,33,37,42-43,46H,3-11,14-18,21-23,25,28,30-32,34-36,38-41H2,1-2H3,(H2,49,50,51)/b13-12-,20-19-,27-24-,29-26-,37-33+/t42-,43-/m1/s1. The van der Waals surface area contributed by atoms with Crippen LogP contribution >= 0.6 is 7.82 Å². The second-order valence-electron chi connectivity index (χ2n) is 14.5. The van der Waals surface area contributed by atoms with Gasteiger partial charge >= 0.3 is 19.8 Å². The second-order valence-corrected chi connectivity index (χ2v) is 15.8. The summed E-state index contributed by atoms with van der Waals surface area (Å²) in [7, 11) is -4.78. The number of carbonyl (C=O) groups excluding carboxylic acids is 2. The summed E-state index contributed by atoms with van der Waals surface area (Å²) >= 11 is 0. The van der Waals surface area contributed by atoms with Gasteiger partial charge in [0.25, 0.3) is 0 Å². The second kappa shape index (κ2) is 39.9. The topological polar surface area (TPSA) is 140 Å². The Morgan fingerprint density at radius 1 is 0.564 bits per heavy atom. The van der Waals surface area contributed by atoms with Crippen molar-refractivity contribution in [1.29, 1.82) is 0 Å². The number of unbranched alkanes of at least 4 members (excludes halogenated alkanes) is 18. The Bertz CT molecular complexity index is 1090. The molecule has 55 heavy (non-hydrogen) atoms. The van der Waals surface area contributed by atoms with Crippen LogP contribution in [-0.4, -0.2) is 52.3 Å². The third-order valence-electron chi connectivity index (χ3n) is 9.11. The zero-order valence-electron chi connectivity index (χ0n) is 34.7. The molecule has 0 aromatic heterocycles. The molecule has 0 bridgehead atoms. The molecule has 0 rings (SSSR count). The number of esters is 2. The fourth-order valence-corrected chi connectivity index (χ4v) is 6.18. The van der Waals surface area contributed by atoms with E-state index >= 15 is 0 Å². The van der Waals surface area contributed by atoms with E-state index in [1.54, 1.807) is 0 Å². The van der Waals surface area contributed by atoms with Gasteiger partial charge in [0.05, 0.1) is 12.7 Å². The highest BCUT2D eigenvalue weighted by atomic mass is 31.2. The van der Waals surface area contributed by atoms with Crippen molar-refractivity contribution in [2.24, 2.45) is 0 Å². The summed E-state index contributed by atoms with van der Waals surface area (Å²) in [6.07, 6.45) is 47.0. The van der Waals surface area contributed by atoms with Gasteiger partial charge < -0.3 is 24.4 Å². The van der Waals surface area contributed by atoms with E-state index in [1.165, 1.54) is 83.5 Å². The molecule has 0 aliphatic heterocycles. The maximum absolute atomic E-state index is 12.4. The van der Waals surface area contributed by atoms with Gasteiger partial charge in [-0.25, -0.2) is 4.57 Å². The van der Waals surface area contributed by atoms with Crippen molar-refractivity contribution in [3.8, 4) is 0 Å². The summed E-state index contributed by atoms with van der Waals surface area (Å²) < 4.78 is 26.3. The minimum Gasteiger partial charge on any atom is -0.462 e. The van der Waals surface area contributed by atoms with Gasteiger partial charge in [-0.05, 0) is 64.2 Å². The smallest absolute Gasteiger partial charge is 0.462 e. The van der Waals surface area contributed by atoms with E-state index in [4.69, 9.17) is 19.3 Å². The summed E-state index contributed by atoms with van der Waals surface area (Å²) in [5.41, 5.74) is 0. The van der Waals surface area contributed by atoms with E-state index in [0.717, 1.165) is 57.8 Å². The monoisotopic (exact) mass is 795 g/mol. The largest absolute Gasteiger partial charge is 0.469 e. The number of allylic oxidation sites excluding steroid dienone is 9. The first kappa shape index (κ1) is 52.7. The zero-order valence-corrected chi connectivity index (χ0v) is 35.6. The molecule has 9 nitrogen and oxygen atoms in total. The number of hydrogen-bond acceptors (Lipinski definition) is 7. The summed E-state index contributed by atoms with van der Waals surface area (Å²) in [5, 5.41) is 9.87. The van der Waals surface area contributed by atoms with Crippen LogP contribution in [0.2, 0.25) is 0 Å². The third-order valence-corrected chi connectivity index (χ3v) is 9.60. The zero-order chi connectivity index (χ0) is 40.5. The highest BCUT2D eigenvalue weighted by Gasteiger charge is 2.22. The van der Waals surface area contributed by atoms with Gasteiger partial charge in [-0.1, -0.05) is 171 Å². The van der Waals surface area contributed by atoms with Crippen LogP contribution in [0.4, 0.5) is 0 Å². The Labute approximate surface area is 335 Å². The normalized spacial score (nSPS) is 13.6. The molecular formula is C45H79O9P. The lowest BCUT2D eigenvalue weighted by molar-refractivity contribution is -0.161. The molecule has 0 aromatic rings. The van der Waals surface area contributed by atoms with Crippen molar-refractivity contribution in [3.63, 3.8) is 0 Å². The fraction of sp³-hybridized carbons (Fsp3) is 0.733. The van der Waals surface area contributed by atoms with Gasteiger partial charge in [0, 0.05) is 12.8 Å². The highest BCUT2D eigenvalue weighted by Crippen LogP contribution is 2.36. The predicted molar refractivity (Wildman–Crippen MR) is 227 cm³/mol. The van der Waals surface area contributed by atoms with Gasteiger partial charge in [0.1, 0.15) is 6.61 Å². The van der Waals surface area contributed by atoms with Gasteiger partial charge in [-0.3, -0.25) is 14.1 Å². The maximum atomic E-state index is 12.4. The number of phosphoric acid groups is 1. The summed E-state index contributed by atoms with van der Waals surface area (Å²) in [6.45, 7) is 3.51. The van der Waals surface area contributed by atoms with Crippen LogP contribution in [0.1, 0.15) is 187 Å². The molecule has 0 fully saturated rings. The van der Waals surface area contributed by atoms with E-state index in [1.807, 2.05) is 36.5 Å². The third kappa shape index (κ3) is 42.7. The number of phosphoric ester groups is 1. The van der Waals surface area contributed by atoms with Crippen molar-refractivity contribution in [3.05, 3.63) is 60.8 Å². The molecule has 318 valence electrons. The molecule has 10 heteroatoms. The van der Waals surface area contributed by atoms with Gasteiger partial charge in [0.15, 0.2) is 6.10 Å². The fourth-order valence-electron chi connectivity index (χ4n) is 5.82. The minimum atomic E-state index is -4.78. The van der Waals surface area contributed by atoms with Crippen LogP contribution < -0.4 is 0 Å². The van der Waals surface area contributed by atoms with Crippen molar-refractivity contribution in [1.82, 2.24) is 0 Å². The maximum Gasteiger partial charge on any atom is 0.469 e. The Morgan fingerprint density at radius 3 is 1.67 bits per heavy atom. The molecule has 0 aliphatic carbocycles. The Balaban J connectivity index is 4.03. The average molecular weight is 795 g/mol. The van der Waals surface area contributed by atoms with Crippen molar-refractivity contribution >= 4 is 19.8 Å². The molecule has 0 radical (unpaired) electrons. The van der Waals surface area contributed by atoms with Crippen molar-refractivity contribution in [2.45, 2.75) is 199 Å². The lowest BCUT2D eigenvalue weighted by Gasteiger charge is -2.18. The highest BCUT2D eigenvalue weighted by molar-refractivity contribution is 7.46. The van der Waals surface area contributed by atoms with Crippen molar-refractivity contribution < 1.29 is 43.0 Å². The first-order valence-electron chi connectivity index (χ1n) is 21.7. The molecule has 3 N–H and O–H groups in total. The molecule has 0 amide bonds. The SMILES string of the molecule is CCCCCCCC/C=C\CCCCCCCCCCCC(=O)O[C@H](COC(=O)CCC/C=C\C/C=C\C/C=C\C=C\[C@H](O)CCCCC)COP(=O)(O)O. The van der Waals surface area contributed by atoms with Crippen LogP contribution in [0, 0.1) is 0 Å². The molecule has 0 unspecified atom stereocenters. The van der Waals surface area contributed by atoms with Crippen LogP contribution in [0.25, 0.3) is 0 Å². The minimum absolute atomic E-state index is 0.169. The number of hydrogen-bond donors (Lipinski definition) is 3. The molecule has 0 saturated heterocycles. The molecule has 0 aliphatic rings. The molecule has 0 saturated carbocycles. The summed E-state index contributed by atoms with van der Waals surface area (Å²) in [6, 6.07) is 0. The number of aliphatic hydroxyl groups excluding tert-OH is 1. The van der Waals surface area contributed by atoms with Crippen molar-refractivity contribution in [2.75, 3.05) is 13.2 Å². The van der Waals surface area contributed by atoms with E-state index < -0.39 is 32.5 Å².